The van der Waals surface area contributed by atoms with Crippen molar-refractivity contribution in [3.63, 3.8) is 0 Å². The van der Waals surface area contributed by atoms with E-state index >= 15 is 0 Å². The average molecular weight is 549 g/mol. The van der Waals surface area contributed by atoms with Crippen LogP contribution in [0.25, 0.3) is 22.4 Å². The molecule has 10 heteroatoms. The first kappa shape index (κ1) is 26.2. The van der Waals surface area contributed by atoms with Crippen LogP contribution in [0.15, 0.2) is 77.8 Å². The number of carbonyl (C=O) groups is 1. The zero-order valence-electron chi connectivity index (χ0n) is 19.4. The Balaban J connectivity index is 1.66. The lowest BCUT2D eigenvalue weighted by atomic mass is 9.99. The van der Waals surface area contributed by atoms with Gasteiger partial charge in [0.05, 0.1) is 21.9 Å². The van der Waals surface area contributed by atoms with Crippen molar-refractivity contribution in [2.75, 3.05) is 11.1 Å². The van der Waals surface area contributed by atoms with Crippen LogP contribution in [0.1, 0.15) is 11.1 Å². The standard InChI is InChI=1S/C27H18Cl2N4O3S/c1-16-2-11-21(12-25(16)33(35)36)31-26(34)15-37-27-23(14-30)22(17-3-7-19(28)8-4-17)13-24(32-27)18-5-9-20(29)10-6-18/h2-13H,15H2,1H3,(H,31,34). The Bertz CT molecular complexity index is 1540. The number of nitriles is 1. The molecule has 1 heterocycles. The molecule has 0 radical (unpaired) electrons. The van der Waals surface area contributed by atoms with Crippen molar-refractivity contribution >= 4 is 52.2 Å². The van der Waals surface area contributed by atoms with Crippen molar-refractivity contribution in [3.8, 4) is 28.5 Å². The molecule has 0 spiro atoms. The fourth-order valence-corrected chi connectivity index (χ4v) is 4.63. The van der Waals surface area contributed by atoms with E-state index in [4.69, 9.17) is 23.2 Å². The summed E-state index contributed by atoms with van der Waals surface area (Å²) in [4.78, 5) is 28.1. The molecule has 0 aliphatic rings. The number of hydrogen-bond acceptors (Lipinski definition) is 6. The minimum absolute atomic E-state index is 0.0620. The van der Waals surface area contributed by atoms with E-state index in [1.165, 1.54) is 6.07 Å². The smallest absolute Gasteiger partial charge is 0.274 e. The van der Waals surface area contributed by atoms with Gasteiger partial charge in [0.1, 0.15) is 11.1 Å². The lowest BCUT2D eigenvalue weighted by Gasteiger charge is -2.13. The second kappa shape index (κ2) is 11.4. The zero-order valence-corrected chi connectivity index (χ0v) is 21.7. The molecule has 184 valence electrons. The maximum absolute atomic E-state index is 12.7. The third-order valence-electron chi connectivity index (χ3n) is 5.42. The summed E-state index contributed by atoms with van der Waals surface area (Å²) in [6.07, 6.45) is 0. The van der Waals surface area contributed by atoms with Crippen LogP contribution in [0.2, 0.25) is 10.0 Å². The quantitative estimate of drug-likeness (QED) is 0.145. The average Bonchev–Trinajstić information content (AvgIpc) is 2.88. The molecule has 7 nitrogen and oxygen atoms in total. The van der Waals surface area contributed by atoms with Crippen LogP contribution in [-0.2, 0) is 4.79 Å². The molecular formula is C27H18Cl2N4O3S. The number of anilines is 1. The number of nitro groups is 1. The third-order valence-corrected chi connectivity index (χ3v) is 6.90. The van der Waals surface area contributed by atoms with E-state index in [1.54, 1.807) is 43.3 Å². The van der Waals surface area contributed by atoms with Crippen LogP contribution < -0.4 is 5.32 Å². The normalized spacial score (nSPS) is 10.5. The van der Waals surface area contributed by atoms with Crippen molar-refractivity contribution in [3.05, 3.63) is 104 Å². The molecule has 0 bridgehead atoms. The molecule has 0 unspecified atom stereocenters. The molecule has 0 saturated heterocycles. The summed E-state index contributed by atoms with van der Waals surface area (Å²) in [5, 5.41) is 25.4. The summed E-state index contributed by atoms with van der Waals surface area (Å²) in [7, 11) is 0. The van der Waals surface area contributed by atoms with Crippen molar-refractivity contribution < 1.29 is 9.72 Å². The molecule has 4 rings (SSSR count). The molecule has 1 N–H and O–H groups in total. The molecule has 37 heavy (non-hydrogen) atoms. The van der Waals surface area contributed by atoms with Gasteiger partial charge < -0.3 is 5.32 Å². The number of hydrogen-bond donors (Lipinski definition) is 1. The molecule has 0 aliphatic heterocycles. The zero-order chi connectivity index (χ0) is 26.5. The molecule has 0 aliphatic carbocycles. The molecule has 0 atom stereocenters. The number of aryl methyl sites for hydroxylation is 1. The predicted molar refractivity (Wildman–Crippen MR) is 147 cm³/mol. The van der Waals surface area contributed by atoms with Crippen molar-refractivity contribution in [2.24, 2.45) is 0 Å². The van der Waals surface area contributed by atoms with Gasteiger partial charge in [-0.05, 0) is 48.9 Å². The van der Waals surface area contributed by atoms with Crippen LogP contribution in [0, 0.1) is 28.4 Å². The number of benzene rings is 3. The molecular weight excluding hydrogens is 531 g/mol. The highest BCUT2D eigenvalue weighted by atomic mass is 35.5. The van der Waals surface area contributed by atoms with Crippen molar-refractivity contribution in [2.45, 2.75) is 11.9 Å². The number of amides is 1. The van der Waals surface area contributed by atoms with Gasteiger partial charge in [-0.1, -0.05) is 65.3 Å². The highest BCUT2D eigenvalue weighted by Gasteiger charge is 2.18. The van der Waals surface area contributed by atoms with Crippen LogP contribution in [-0.4, -0.2) is 21.6 Å². The summed E-state index contributed by atoms with van der Waals surface area (Å²) >= 11 is 13.2. The number of thioether (sulfide) groups is 1. The van der Waals surface area contributed by atoms with Gasteiger partial charge in [0, 0.05) is 38.5 Å². The lowest BCUT2D eigenvalue weighted by Crippen LogP contribution is -2.14. The van der Waals surface area contributed by atoms with Crippen molar-refractivity contribution in [1.82, 2.24) is 4.98 Å². The highest BCUT2D eigenvalue weighted by molar-refractivity contribution is 8.00. The molecule has 1 amide bonds. The van der Waals surface area contributed by atoms with Crippen LogP contribution >= 0.6 is 35.0 Å². The summed E-state index contributed by atoms with van der Waals surface area (Å²) in [6, 6.07) is 22.8. The number of halogens is 2. The van der Waals surface area contributed by atoms with Gasteiger partial charge in [-0.15, -0.1) is 0 Å². The lowest BCUT2D eigenvalue weighted by molar-refractivity contribution is -0.385. The number of nitro benzene ring substituents is 1. The monoisotopic (exact) mass is 548 g/mol. The largest absolute Gasteiger partial charge is 0.325 e. The maximum atomic E-state index is 12.7. The minimum Gasteiger partial charge on any atom is -0.325 e. The van der Waals surface area contributed by atoms with Crippen LogP contribution in [0.3, 0.4) is 0 Å². The van der Waals surface area contributed by atoms with E-state index < -0.39 is 10.8 Å². The summed E-state index contributed by atoms with van der Waals surface area (Å²) in [6.45, 7) is 1.63. The van der Waals surface area contributed by atoms with Gasteiger partial charge in [-0.25, -0.2) is 4.98 Å². The Morgan fingerprint density at radius 1 is 1.03 bits per heavy atom. The van der Waals surface area contributed by atoms with Gasteiger partial charge in [0.15, 0.2) is 0 Å². The Labute approximate surface area is 227 Å². The summed E-state index contributed by atoms with van der Waals surface area (Å²) < 4.78 is 0. The number of carbonyl (C=O) groups excluding carboxylic acids is 1. The second-order valence-electron chi connectivity index (χ2n) is 7.96. The van der Waals surface area contributed by atoms with Crippen LogP contribution in [0.4, 0.5) is 11.4 Å². The number of nitrogens with zero attached hydrogens (tertiary/aromatic N) is 3. The van der Waals surface area contributed by atoms with Gasteiger partial charge in [-0.2, -0.15) is 5.26 Å². The minimum atomic E-state index is -0.497. The van der Waals surface area contributed by atoms with E-state index in [2.05, 4.69) is 16.4 Å². The molecule has 0 fully saturated rings. The Morgan fingerprint density at radius 2 is 1.65 bits per heavy atom. The fraction of sp³-hybridized carbons (Fsp3) is 0.0741. The van der Waals surface area contributed by atoms with E-state index in [0.717, 1.165) is 22.9 Å². The predicted octanol–water partition coefficient (Wildman–Crippen LogP) is 7.54. The van der Waals surface area contributed by atoms with Gasteiger partial charge in [-0.3, -0.25) is 14.9 Å². The SMILES string of the molecule is Cc1ccc(NC(=O)CSc2nc(-c3ccc(Cl)cc3)cc(-c3ccc(Cl)cc3)c2C#N)cc1[N+](=O)[O-]. The third kappa shape index (κ3) is 6.27. The van der Waals surface area contributed by atoms with Crippen molar-refractivity contribution in [1.29, 1.82) is 5.26 Å². The number of rotatable bonds is 7. The Hall–Kier alpha value is -3.90. The summed E-state index contributed by atoms with van der Waals surface area (Å²) in [5.74, 6) is -0.452. The molecule has 1 aromatic heterocycles. The number of aromatic nitrogens is 1. The molecule has 0 saturated carbocycles. The first-order valence-electron chi connectivity index (χ1n) is 10.9. The van der Waals surface area contributed by atoms with E-state index in [0.29, 0.717) is 43.1 Å². The van der Waals surface area contributed by atoms with E-state index in [9.17, 15) is 20.2 Å². The second-order valence-corrected chi connectivity index (χ2v) is 9.79. The summed E-state index contributed by atoms with van der Waals surface area (Å²) in [5.41, 5.74) is 3.88. The number of pyridine rings is 1. The molecule has 3 aromatic carbocycles. The first-order chi connectivity index (χ1) is 17.7. The Kier molecular flexibility index (Phi) is 8.09. The van der Waals surface area contributed by atoms with E-state index in [-0.39, 0.29) is 11.4 Å². The first-order valence-corrected chi connectivity index (χ1v) is 12.6. The van der Waals surface area contributed by atoms with Gasteiger partial charge in [0.25, 0.3) is 5.69 Å². The Morgan fingerprint density at radius 3 is 2.24 bits per heavy atom. The highest BCUT2D eigenvalue weighted by Crippen LogP contribution is 2.35. The van der Waals surface area contributed by atoms with E-state index in [1.807, 2.05) is 30.3 Å². The van der Waals surface area contributed by atoms with Gasteiger partial charge >= 0.3 is 0 Å². The van der Waals surface area contributed by atoms with Gasteiger partial charge in [0.2, 0.25) is 5.91 Å². The topological polar surface area (TPSA) is 109 Å². The van der Waals surface area contributed by atoms with Crippen LogP contribution in [0.5, 0.6) is 0 Å². The number of nitrogens with one attached hydrogen (secondary N) is 1. The fourth-order valence-electron chi connectivity index (χ4n) is 3.57. The maximum Gasteiger partial charge on any atom is 0.274 e. The molecule has 4 aromatic rings.